The van der Waals surface area contributed by atoms with Crippen LogP contribution in [0.5, 0.6) is 69.0 Å². The van der Waals surface area contributed by atoms with Gasteiger partial charge in [-0.1, -0.05) is 146 Å². The number of benzene rings is 12. The zero-order valence-corrected chi connectivity index (χ0v) is 48.9. The second-order valence-electron chi connectivity index (χ2n) is 19.9. The monoisotopic (exact) mass is 1120 g/mol. The van der Waals surface area contributed by atoms with Gasteiger partial charge in [0.2, 0.25) is 0 Å². The molecule has 12 aromatic carbocycles. The summed E-state index contributed by atoms with van der Waals surface area (Å²) >= 11 is 0. The lowest BCUT2D eigenvalue weighted by Crippen LogP contribution is -2.05. The Morgan fingerprint density at radius 1 is 0.167 bits per heavy atom. The summed E-state index contributed by atoms with van der Waals surface area (Å²) in [6.45, 7) is 0. The molecule has 0 aliphatic carbocycles. The largest absolute Gasteiger partial charge is 0.493 e. The second-order valence-corrected chi connectivity index (χ2v) is 19.9. The topological polar surface area (TPSA) is 111 Å². The molecule has 0 fully saturated rings. The standard InChI is InChI=1S/C72H62O12/c1-73-51-37-39-25-13-15-27-41(39)53(63(51)75-3)55-43-29-17-19-31-45(43)57(67(79-7)65(55)77-5)59-47-33-21-23-35-49(47)61(71(83-11)69(59)81-9)62-50-36-24-22-34-48(50)60(70(82-10)72(62)84-12)58-46-32-20-18-30-44(46)56(66(78-6)68(58)80-8)54-42-28-16-14-26-40(42)38-52(74-2)64(54)76-4/h13-38H,1-12H3. The molecule has 0 aliphatic rings. The molecule has 12 heteroatoms. The maximum absolute atomic E-state index is 6.73. The highest BCUT2D eigenvalue weighted by Gasteiger charge is 2.37. The molecule has 0 unspecified atom stereocenters. The molecule has 12 nitrogen and oxygen atoms in total. The number of ether oxygens (including phenoxy) is 12. The van der Waals surface area contributed by atoms with E-state index in [4.69, 9.17) is 56.8 Å². The van der Waals surface area contributed by atoms with Crippen LogP contribution in [0, 0.1) is 0 Å². The van der Waals surface area contributed by atoms with Gasteiger partial charge in [-0.05, 0) is 76.8 Å². The number of fused-ring (bicyclic) bond motifs is 6. The molecule has 0 amide bonds. The Labute approximate surface area is 487 Å². The van der Waals surface area contributed by atoms with Gasteiger partial charge in [-0.15, -0.1) is 0 Å². The molecule has 12 rings (SSSR count). The first-order chi connectivity index (χ1) is 41.2. The summed E-state index contributed by atoms with van der Waals surface area (Å²) in [7, 11) is 19.9. The normalized spacial score (nSPS) is 11.3. The lowest BCUT2D eigenvalue weighted by atomic mass is 9.82. The minimum Gasteiger partial charge on any atom is -0.493 e. The van der Waals surface area contributed by atoms with Crippen molar-refractivity contribution < 1.29 is 56.8 Å². The van der Waals surface area contributed by atoms with E-state index in [-0.39, 0.29) is 0 Å². The molecule has 422 valence electrons. The number of hydrogen-bond donors (Lipinski definition) is 0. The van der Waals surface area contributed by atoms with Crippen LogP contribution in [-0.2, 0) is 0 Å². The Morgan fingerprint density at radius 3 is 0.488 bits per heavy atom. The first-order valence-corrected chi connectivity index (χ1v) is 27.2. The van der Waals surface area contributed by atoms with Crippen molar-refractivity contribution in [2.45, 2.75) is 0 Å². The van der Waals surface area contributed by atoms with Gasteiger partial charge in [0.05, 0.1) is 85.3 Å². The van der Waals surface area contributed by atoms with Gasteiger partial charge in [0.15, 0.2) is 69.0 Å². The molecule has 0 saturated carbocycles. The van der Waals surface area contributed by atoms with Gasteiger partial charge < -0.3 is 56.8 Å². The van der Waals surface area contributed by atoms with Crippen LogP contribution in [0.1, 0.15) is 0 Å². The Morgan fingerprint density at radius 2 is 0.321 bits per heavy atom. The van der Waals surface area contributed by atoms with E-state index in [9.17, 15) is 0 Å². The molecule has 12 aromatic rings. The number of rotatable bonds is 17. The fraction of sp³-hybridized carbons (Fsp3) is 0.167. The molecule has 0 atom stereocenters. The zero-order valence-electron chi connectivity index (χ0n) is 48.9. The first-order valence-electron chi connectivity index (χ1n) is 27.2. The molecular weight excluding hydrogens is 1060 g/mol. The Balaban J connectivity index is 1.20. The Bertz CT molecular complexity index is 4310. The van der Waals surface area contributed by atoms with Gasteiger partial charge in [-0.2, -0.15) is 0 Å². The van der Waals surface area contributed by atoms with Crippen LogP contribution in [0.4, 0.5) is 0 Å². The predicted molar refractivity (Wildman–Crippen MR) is 337 cm³/mol. The van der Waals surface area contributed by atoms with Gasteiger partial charge in [-0.25, -0.2) is 0 Å². The van der Waals surface area contributed by atoms with Crippen molar-refractivity contribution in [3.8, 4) is 125 Å². The molecule has 0 bridgehead atoms. The minimum atomic E-state index is 0.438. The van der Waals surface area contributed by atoms with Crippen LogP contribution < -0.4 is 56.8 Å². The van der Waals surface area contributed by atoms with E-state index in [1.165, 1.54) is 0 Å². The number of hydrogen-bond acceptors (Lipinski definition) is 12. The minimum absolute atomic E-state index is 0.438. The van der Waals surface area contributed by atoms with Crippen LogP contribution >= 0.6 is 0 Å². The molecular formula is C72H62O12. The van der Waals surface area contributed by atoms with Crippen molar-refractivity contribution in [2.75, 3.05) is 85.3 Å². The molecule has 84 heavy (non-hydrogen) atoms. The summed E-state index contributed by atoms with van der Waals surface area (Å²) in [5, 5.41) is 10.6. The van der Waals surface area contributed by atoms with Crippen LogP contribution in [0.15, 0.2) is 158 Å². The molecule has 0 spiro atoms. The van der Waals surface area contributed by atoms with Crippen molar-refractivity contribution in [3.63, 3.8) is 0 Å². The van der Waals surface area contributed by atoms with E-state index in [0.717, 1.165) is 98.0 Å². The lowest BCUT2D eigenvalue weighted by molar-refractivity contribution is 0.351. The smallest absolute Gasteiger partial charge is 0.169 e. The van der Waals surface area contributed by atoms with E-state index in [1.807, 2.05) is 84.9 Å². The van der Waals surface area contributed by atoms with Crippen LogP contribution in [0.25, 0.3) is 120 Å². The van der Waals surface area contributed by atoms with Crippen molar-refractivity contribution in [3.05, 3.63) is 158 Å². The van der Waals surface area contributed by atoms with Crippen molar-refractivity contribution in [2.24, 2.45) is 0 Å². The van der Waals surface area contributed by atoms with Crippen LogP contribution in [0.2, 0.25) is 0 Å². The Hall–Kier alpha value is -10.2. The van der Waals surface area contributed by atoms with E-state index < -0.39 is 0 Å². The molecule has 0 saturated heterocycles. The highest BCUT2D eigenvalue weighted by atomic mass is 16.5. The quantitative estimate of drug-likeness (QED) is 0.0865. The SMILES string of the molecule is COc1cc2ccccc2c(-c2c(OC)c(OC)c(-c3c(OC)c(OC)c(-c4c(OC)c(OC)c(-c5c(OC)c(OC)c(-c6c(OC)c(OC)cc7ccccc67)c6ccccc56)c5ccccc45)c4ccccc34)c3ccccc23)c1OC. The van der Waals surface area contributed by atoms with E-state index >= 15 is 0 Å². The van der Waals surface area contributed by atoms with Gasteiger partial charge in [0.25, 0.3) is 0 Å². The third kappa shape index (κ3) is 8.02. The third-order valence-corrected chi connectivity index (χ3v) is 16.2. The fourth-order valence-corrected chi connectivity index (χ4v) is 12.9. The van der Waals surface area contributed by atoms with E-state index in [0.29, 0.717) is 91.2 Å². The Kier molecular flexibility index (Phi) is 14.4. The van der Waals surface area contributed by atoms with E-state index in [1.54, 1.807) is 85.3 Å². The van der Waals surface area contributed by atoms with Gasteiger partial charge in [0, 0.05) is 55.6 Å². The third-order valence-electron chi connectivity index (χ3n) is 16.2. The summed E-state index contributed by atoms with van der Waals surface area (Å²) in [6.07, 6.45) is 0. The fourth-order valence-electron chi connectivity index (χ4n) is 12.9. The van der Waals surface area contributed by atoms with Crippen molar-refractivity contribution in [1.82, 2.24) is 0 Å². The van der Waals surface area contributed by atoms with Crippen molar-refractivity contribution >= 4 is 64.6 Å². The van der Waals surface area contributed by atoms with Crippen LogP contribution in [0.3, 0.4) is 0 Å². The highest BCUT2D eigenvalue weighted by Crippen LogP contribution is 2.64. The number of methoxy groups -OCH3 is 12. The van der Waals surface area contributed by atoms with Crippen LogP contribution in [-0.4, -0.2) is 85.3 Å². The van der Waals surface area contributed by atoms with E-state index in [2.05, 4.69) is 72.8 Å². The first kappa shape index (κ1) is 54.4. The summed E-state index contributed by atoms with van der Waals surface area (Å²) in [5.74, 6) is 5.90. The maximum Gasteiger partial charge on any atom is 0.169 e. The summed E-state index contributed by atoms with van der Waals surface area (Å²) < 4.78 is 77.8. The average molecular weight is 1120 g/mol. The predicted octanol–water partition coefficient (Wildman–Crippen LogP) is 17.0. The second kappa shape index (κ2) is 22.3. The molecule has 0 N–H and O–H groups in total. The zero-order chi connectivity index (χ0) is 58.5. The lowest BCUT2D eigenvalue weighted by Gasteiger charge is -2.28. The highest BCUT2D eigenvalue weighted by molar-refractivity contribution is 6.25. The van der Waals surface area contributed by atoms with Gasteiger partial charge >= 0.3 is 0 Å². The average Bonchev–Trinajstić information content (AvgIpc) is 2.14. The molecule has 0 aliphatic heterocycles. The summed E-state index contributed by atoms with van der Waals surface area (Å²) in [6, 6.07) is 53.2. The molecule has 0 radical (unpaired) electrons. The summed E-state index contributed by atoms with van der Waals surface area (Å²) in [5.41, 5.74) is 7.38. The maximum atomic E-state index is 6.73. The summed E-state index contributed by atoms with van der Waals surface area (Å²) in [4.78, 5) is 0. The molecule has 0 heterocycles. The van der Waals surface area contributed by atoms with Gasteiger partial charge in [-0.3, -0.25) is 0 Å². The van der Waals surface area contributed by atoms with Crippen molar-refractivity contribution in [1.29, 1.82) is 0 Å². The molecule has 0 aromatic heterocycles. The van der Waals surface area contributed by atoms with Gasteiger partial charge in [0.1, 0.15) is 0 Å².